The highest BCUT2D eigenvalue weighted by molar-refractivity contribution is 7.99. The van der Waals surface area contributed by atoms with Crippen LogP contribution in [0.25, 0.3) is 11.0 Å². The summed E-state index contributed by atoms with van der Waals surface area (Å²) < 4.78 is 5.43. The van der Waals surface area contributed by atoms with Crippen molar-refractivity contribution in [2.24, 2.45) is 0 Å². The number of para-hydroxylation sites is 1. The summed E-state index contributed by atoms with van der Waals surface area (Å²) in [6, 6.07) is 16.4. The molecule has 0 spiro atoms. The third-order valence-electron chi connectivity index (χ3n) is 3.97. The highest BCUT2D eigenvalue weighted by Gasteiger charge is 2.29. The van der Waals surface area contributed by atoms with Crippen LogP contribution in [-0.2, 0) is 6.42 Å². The molecule has 4 rings (SSSR count). The Kier molecular flexibility index (Phi) is 2.89. The van der Waals surface area contributed by atoms with Crippen LogP contribution in [0.15, 0.2) is 62.6 Å². The lowest BCUT2D eigenvalue weighted by Crippen LogP contribution is -2.02. The van der Waals surface area contributed by atoms with E-state index in [4.69, 9.17) is 4.42 Å². The molecule has 0 bridgehead atoms. The van der Waals surface area contributed by atoms with Gasteiger partial charge in [-0.1, -0.05) is 48.0 Å². The minimum Gasteiger partial charge on any atom is -0.422 e. The van der Waals surface area contributed by atoms with E-state index in [0.29, 0.717) is 10.8 Å². The molecule has 1 unspecified atom stereocenters. The van der Waals surface area contributed by atoms with Crippen molar-refractivity contribution in [3.05, 3.63) is 75.6 Å². The van der Waals surface area contributed by atoms with Crippen molar-refractivity contribution in [1.29, 1.82) is 0 Å². The van der Waals surface area contributed by atoms with E-state index >= 15 is 0 Å². The maximum atomic E-state index is 12.2. The molecule has 0 saturated heterocycles. The average Bonchev–Trinajstić information content (AvgIpc) is 2.94. The largest absolute Gasteiger partial charge is 0.422 e. The average molecular weight is 294 g/mol. The van der Waals surface area contributed by atoms with Gasteiger partial charge in [0.05, 0.1) is 4.90 Å². The molecule has 3 aromatic rings. The lowest BCUT2D eigenvalue weighted by Gasteiger charge is -2.08. The molecule has 104 valence electrons. The van der Waals surface area contributed by atoms with Crippen molar-refractivity contribution in [2.75, 3.05) is 0 Å². The summed E-state index contributed by atoms with van der Waals surface area (Å²) in [5.74, 6) is 0. The van der Waals surface area contributed by atoms with E-state index in [1.165, 1.54) is 11.1 Å². The van der Waals surface area contributed by atoms with E-state index in [-0.39, 0.29) is 5.63 Å². The van der Waals surface area contributed by atoms with E-state index in [1.807, 2.05) is 24.3 Å². The van der Waals surface area contributed by atoms with E-state index in [1.54, 1.807) is 11.8 Å². The molecule has 0 amide bonds. The number of fused-ring (bicyclic) bond motifs is 3. The molecule has 1 atom stereocenters. The van der Waals surface area contributed by atoms with Gasteiger partial charge in [0.25, 0.3) is 0 Å². The Morgan fingerprint density at radius 3 is 2.67 bits per heavy atom. The lowest BCUT2D eigenvalue weighted by molar-refractivity contribution is 0.542. The van der Waals surface area contributed by atoms with Gasteiger partial charge in [-0.25, -0.2) is 4.79 Å². The maximum absolute atomic E-state index is 12.2. The summed E-state index contributed by atoms with van der Waals surface area (Å²) in [5.41, 5.74) is 4.14. The topological polar surface area (TPSA) is 30.2 Å². The molecular weight excluding hydrogens is 280 g/mol. The Bertz CT molecular complexity index is 878. The summed E-state index contributed by atoms with van der Waals surface area (Å²) in [4.78, 5) is 12.9. The third kappa shape index (κ3) is 2.09. The van der Waals surface area contributed by atoms with Crippen molar-refractivity contribution in [1.82, 2.24) is 0 Å². The molecule has 1 aliphatic rings. The van der Waals surface area contributed by atoms with Gasteiger partial charge in [0.1, 0.15) is 5.58 Å². The first-order valence-corrected chi connectivity index (χ1v) is 7.88. The molecule has 0 saturated carbocycles. The predicted octanol–water partition coefficient (Wildman–Crippen LogP) is 4.49. The Balaban J connectivity index is 1.83. The SMILES string of the molecule is Cc1ccc(C2Cc3c(c(=O)oc4ccccc34)S2)cc1. The highest BCUT2D eigenvalue weighted by Crippen LogP contribution is 2.46. The number of aryl methyl sites for hydroxylation is 1. The van der Waals surface area contributed by atoms with Crippen molar-refractivity contribution >= 4 is 22.7 Å². The Labute approximate surface area is 126 Å². The summed E-state index contributed by atoms with van der Waals surface area (Å²) in [7, 11) is 0. The molecule has 0 radical (unpaired) electrons. The molecular formula is C18H14O2S. The molecule has 21 heavy (non-hydrogen) atoms. The molecule has 0 aliphatic carbocycles. The molecule has 2 heterocycles. The van der Waals surface area contributed by atoms with Gasteiger partial charge in [-0.3, -0.25) is 0 Å². The van der Waals surface area contributed by atoms with Gasteiger partial charge in [-0.15, -0.1) is 11.8 Å². The highest BCUT2D eigenvalue weighted by atomic mass is 32.2. The lowest BCUT2D eigenvalue weighted by atomic mass is 10.0. The summed E-state index contributed by atoms with van der Waals surface area (Å²) in [6.45, 7) is 2.09. The molecule has 2 nitrogen and oxygen atoms in total. The van der Waals surface area contributed by atoms with Crippen LogP contribution in [0.5, 0.6) is 0 Å². The van der Waals surface area contributed by atoms with E-state index in [2.05, 4.69) is 31.2 Å². The van der Waals surface area contributed by atoms with Crippen molar-refractivity contribution < 1.29 is 4.42 Å². The van der Waals surface area contributed by atoms with Crippen LogP contribution in [0.2, 0.25) is 0 Å². The molecule has 1 aromatic heterocycles. The zero-order valence-corrected chi connectivity index (χ0v) is 12.4. The molecule has 1 aliphatic heterocycles. The van der Waals surface area contributed by atoms with Crippen LogP contribution in [-0.4, -0.2) is 0 Å². The van der Waals surface area contributed by atoms with Gasteiger partial charge >= 0.3 is 5.63 Å². The van der Waals surface area contributed by atoms with Crippen LogP contribution in [0.1, 0.15) is 21.9 Å². The Hall–Kier alpha value is -2.00. The standard InChI is InChI=1S/C18H14O2S/c1-11-6-8-12(9-7-11)16-10-14-13-4-2-3-5-15(13)20-18(19)17(14)21-16/h2-9,16H,10H2,1H3. The Morgan fingerprint density at radius 2 is 1.86 bits per heavy atom. The van der Waals surface area contributed by atoms with Crippen molar-refractivity contribution in [3.63, 3.8) is 0 Å². The number of benzene rings is 2. The van der Waals surface area contributed by atoms with Crippen LogP contribution in [0.4, 0.5) is 0 Å². The predicted molar refractivity (Wildman–Crippen MR) is 86.0 cm³/mol. The zero-order chi connectivity index (χ0) is 14.4. The fourth-order valence-corrected chi connectivity index (χ4v) is 4.16. The number of thioether (sulfide) groups is 1. The van der Waals surface area contributed by atoms with E-state index in [0.717, 1.165) is 22.3 Å². The molecule has 0 fully saturated rings. The van der Waals surface area contributed by atoms with Gasteiger partial charge in [-0.2, -0.15) is 0 Å². The monoisotopic (exact) mass is 294 g/mol. The molecule has 2 aromatic carbocycles. The van der Waals surface area contributed by atoms with E-state index < -0.39 is 0 Å². The summed E-state index contributed by atoms with van der Waals surface area (Å²) in [5, 5.41) is 1.36. The summed E-state index contributed by atoms with van der Waals surface area (Å²) in [6.07, 6.45) is 0.884. The summed E-state index contributed by atoms with van der Waals surface area (Å²) >= 11 is 1.63. The molecule has 0 N–H and O–H groups in total. The number of hydrogen-bond donors (Lipinski definition) is 0. The second-order valence-corrected chi connectivity index (χ2v) is 6.63. The first-order valence-electron chi connectivity index (χ1n) is 7.00. The number of rotatable bonds is 1. The minimum absolute atomic E-state index is 0.205. The normalized spacial score (nSPS) is 17.1. The number of hydrogen-bond acceptors (Lipinski definition) is 3. The quantitative estimate of drug-likeness (QED) is 0.619. The van der Waals surface area contributed by atoms with Crippen molar-refractivity contribution in [2.45, 2.75) is 23.5 Å². The zero-order valence-electron chi connectivity index (χ0n) is 11.6. The van der Waals surface area contributed by atoms with Gasteiger partial charge in [0, 0.05) is 10.6 Å². The third-order valence-corrected chi connectivity index (χ3v) is 5.35. The first kappa shape index (κ1) is 12.7. The van der Waals surface area contributed by atoms with Gasteiger partial charge in [-0.05, 0) is 30.5 Å². The van der Waals surface area contributed by atoms with Crippen LogP contribution >= 0.6 is 11.8 Å². The van der Waals surface area contributed by atoms with Gasteiger partial charge in [0.2, 0.25) is 0 Å². The van der Waals surface area contributed by atoms with Crippen molar-refractivity contribution in [3.8, 4) is 0 Å². The fourth-order valence-electron chi connectivity index (χ4n) is 2.85. The second-order valence-electron chi connectivity index (χ2n) is 5.41. The van der Waals surface area contributed by atoms with Crippen LogP contribution in [0, 0.1) is 6.92 Å². The van der Waals surface area contributed by atoms with Gasteiger partial charge < -0.3 is 4.42 Å². The van der Waals surface area contributed by atoms with Crippen LogP contribution < -0.4 is 5.63 Å². The minimum atomic E-state index is -0.205. The fraction of sp³-hybridized carbons (Fsp3) is 0.167. The van der Waals surface area contributed by atoms with E-state index in [9.17, 15) is 4.79 Å². The second kappa shape index (κ2) is 4.78. The van der Waals surface area contributed by atoms with Crippen LogP contribution in [0.3, 0.4) is 0 Å². The molecule has 3 heteroatoms. The maximum Gasteiger partial charge on any atom is 0.350 e. The Morgan fingerprint density at radius 1 is 1.10 bits per heavy atom. The first-order chi connectivity index (χ1) is 10.2. The van der Waals surface area contributed by atoms with Gasteiger partial charge in [0.15, 0.2) is 0 Å². The smallest absolute Gasteiger partial charge is 0.350 e.